The topological polar surface area (TPSA) is 63.0 Å². The van der Waals surface area contributed by atoms with Gasteiger partial charge in [0.1, 0.15) is 5.52 Å². The Kier molecular flexibility index (Phi) is 2.85. The first-order chi connectivity index (χ1) is 8.85. The number of rotatable bonds is 4. The van der Waals surface area contributed by atoms with Crippen LogP contribution in [0.5, 0.6) is 0 Å². The van der Waals surface area contributed by atoms with Crippen LogP contribution in [0.15, 0.2) is 34.1 Å². The van der Waals surface area contributed by atoms with E-state index in [1.807, 2.05) is 36.7 Å². The third-order valence-corrected chi connectivity index (χ3v) is 3.39. The third-order valence-electron chi connectivity index (χ3n) is 2.48. The van der Waals surface area contributed by atoms with Crippen molar-refractivity contribution in [3.05, 3.63) is 35.3 Å². The molecule has 0 saturated carbocycles. The number of benzene rings is 1. The molecule has 2 N–H and O–H groups in total. The zero-order chi connectivity index (χ0) is 12.4. The van der Waals surface area contributed by atoms with Crippen LogP contribution < -0.4 is 10.6 Å². The summed E-state index contributed by atoms with van der Waals surface area (Å²) >= 11 is 1.58. The lowest BCUT2D eigenvalue weighted by Crippen LogP contribution is -2.00. The van der Waals surface area contributed by atoms with Crippen molar-refractivity contribution < 1.29 is 4.42 Å². The molecule has 0 bridgehead atoms. The Morgan fingerprint density at radius 2 is 2.17 bits per heavy atom. The highest BCUT2D eigenvalue weighted by molar-refractivity contribution is 7.13. The molecule has 0 atom stereocenters. The van der Waals surface area contributed by atoms with Crippen molar-refractivity contribution in [2.75, 3.05) is 17.7 Å². The summed E-state index contributed by atoms with van der Waals surface area (Å²) in [4.78, 5) is 8.71. The molecule has 0 spiro atoms. The highest BCUT2D eigenvalue weighted by Crippen LogP contribution is 2.19. The molecule has 5 nitrogen and oxygen atoms in total. The van der Waals surface area contributed by atoms with Crippen LogP contribution in [0.1, 0.15) is 5.69 Å². The number of nitrogens with zero attached hydrogens (tertiary/aromatic N) is 2. The van der Waals surface area contributed by atoms with Gasteiger partial charge >= 0.3 is 0 Å². The van der Waals surface area contributed by atoms with Gasteiger partial charge in [0.05, 0.1) is 12.2 Å². The van der Waals surface area contributed by atoms with Gasteiger partial charge in [-0.25, -0.2) is 4.98 Å². The largest absolute Gasteiger partial charge is 0.424 e. The van der Waals surface area contributed by atoms with Gasteiger partial charge in [0.15, 0.2) is 10.7 Å². The number of oxazole rings is 1. The highest BCUT2D eigenvalue weighted by Gasteiger charge is 2.05. The van der Waals surface area contributed by atoms with Gasteiger partial charge in [0.2, 0.25) is 0 Å². The summed E-state index contributed by atoms with van der Waals surface area (Å²) in [7, 11) is 1.86. The molecule has 2 aromatic heterocycles. The number of hydrogen-bond acceptors (Lipinski definition) is 6. The summed E-state index contributed by atoms with van der Waals surface area (Å²) in [5.41, 5.74) is 2.61. The van der Waals surface area contributed by atoms with Crippen molar-refractivity contribution in [1.82, 2.24) is 9.97 Å². The van der Waals surface area contributed by atoms with E-state index in [9.17, 15) is 0 Å². The predicted molar refractivity (Wildman–Crippen MR) is 73.0 cm³/mol. The molecule has 0 aliphatic rings. The number of para-hydroxylation sites is 2. The molecular formula is C12H12N4OS. The van der Waals surface area contributed by atoms with Gasteiger partial charge in [-0.2, -0.15) is 4.98 Å². The number of thiazole rings is 1. The Morgan fingerprint density at radius 3 is 2.94 bits per heavy atom. The number of aromatic nitrogens is 2. The third kappa shape index (κ3) is 2.14. The standard InChI is InChI=1S/C12H12N4OS/c1-13-12-15-8(7-18-12)6-14-11-16-9-4-2-3-5-10(9)17-11/h2-5,7H,6H2,1H3,(H,13,15)(H,14,16). The van der Waals surface area contributed by atoms with E-state index in [0.717, 1.165) is 21.9 Å². The maximum absolute atomic E-state index is 5.56. The molecule has 0 aliphatic heterocycles. The molecule has 3 aromatic rings. The first kappa shape index (κ1) is 11.0. The Labute approximate surface area is 108 Å². The summed E-state index contributed by atoms with van der Waals surface area (Å²) in [5.74, 6) is 0. The van der Waals surface area contributed by atoms with Crippen molar-refractivity contribution in [3.63, 3.8) is 0 Å². The van der Waals surface area contributed by atoms with Gasteiger partial charge < -0.3 is 15.1 Å². The molecule has 0 radical (unpaired) electrons. The second-order valence-corrected chi connectivity index (χ2v) is 4.59. The lowest BCUT2D eigenvalue weighted by Gasteiger charge is -1.97. The molecule has 0 unspecified atom stereocenters. The SMILES string of the molecule is CNc1nc(CNc2nc3ccccc3o2)cs1. The number of hydrogen-bond donors (Lipinski definition) is 2. The summed E-state index contributed by atoms with van der Waals surface area (Å²) < 4.78 is 5.56. The van der Waals surface area contributed by atoms with Crippen LogP contribution in [0.2, 0.25) is 0 Å². The Morgan fingerprint density at radius 1 is 1.28 bits per heavy atom. The average molecular weight is 260 g/mol. The van der Waals surface area contributed by atoms with Crippen LogP contribution >= 0.6 is 11.3 Å². The van der Waals surface area contributed by atoms with Crippen molar-refractivity contribution >= 4 is 33.6 Å². The minimum atomic E-state index is 0.523. The molecule has 1 aromatic carbocycles. The van der Waals surface area contributed by atoms with Gasteiger partial charge in [0.25, 0.3) is 6.01 Å². The van der Waals surface area contributed by atoms with Crippen molar-refractivity contribution in [1.29, 1.82) is 0 Å². The second-order valence-electron chi connectivity index (χ2n) is 3.73. The van der Waals surface area contributed by atoms with E-state index in [2.05, 4.69) is 20.6 Å². The summed E-state index contributed by atoms with van der Waals surface area (Å²) in [6.07, 6.45) is 0. The fourth-order valence-corrected chi connectivity index (χ4v) is 2.29. The van der Waals surface area contributed by atoms with E-state index in [1.54, 1.807) is 11.3 Å². The van der Waals surface area contributed by atoms with Crippen LogP contribution in [0.3, 0.4) is 0 Å². The zero-order valence-corrected chi connectivity index (χ0v) is 10.6. The molecule has 0 saturated heterocycles. The number of anilines is 2. The molecular weight excluding hydrogens is 248 g/mol. The van der Waals surface area contributed by atoms with Crippen LogP contribution in [0.25, 0.3) is 11.1 Å². The minimum Gasteiger partial charge on any atom is -0.424 e. The van der Waals surface area contributed by atoms with E-state index in [-0.39, 0.29) is 0 Å². The quantitative estimate of drug-likeness (QED) is 0.755. The lowest BCUT2D eigenvalue weighted by atomic mass is 10.3. The Hall–Kier alpha value is -2.08. The minimum absolute atomic E-state index is 0.523. The van der Waals surface area contributed by atoms with Gasteiger partial charge in [-0.1, -0.05) is 12.1 Å². The monoisotopic (exact) mass is 260 g/mol. The maximum atomic E-state index is 5.56. The van der Waals surface area contributed by atoms with E-state index in [4.69, 9.17) is 4.42 Å². The molecule has 92 valence electrons. The van der Waals surface area contributed by atoms with Crippen LogP contribution in [0.4, 0.5) is 11.1 Å². The summed E-state index contributed by atoms with van der Waals surface area (Å²) in [6.45, 7) is 0.602. The predicted octanol–water partition coefficient (Wildman–Crippen LogP) is 2.94. The fourth-order valence-electron chi connectivity index (χ4n) is 1.62. The zero-order valence-electron chi connectivity index (χ0n) is 9.80. The second kappa shape index (κ2) is 4.66. The van der Waals surface area contributed by atoms with Crippen LogP contribution in [0, 0.1) is 0 Å². The van der Waals surface area contributed by atoms with Crippen molar-refractivity contribution in [3.8, 4) is 0 Å². The Bertz CT molecular complexity index is 628. The maximum Gasteiger partial charge on any atom is 0.296 e. The molecule has 0 amide bonds. The first-order valence-corrected chi connectivity index (χ1v) is 6.45. The molecule has 6 heteroatoms. The van der Waals surface area contributed by atoms with E-state index in [1.165, 1.54) is 0 Å². The Balaban J connectivity index is 1.72. The molecule has 18 heavy (non-hydrogen) atoms. The summed E-state index contributed by atoms with van der Waals surface area (Å²) in [6, 6.07) is 8.21. The van der Waals surface area contributed by atoms with Gasteiger partial charge in [-0.05, 0) is 12.1 Å². The average Bonchev–Trinajstić information content (AvgIpc) is 3.02. The van der Waals surface area contributed by atoms with E-state index >= 15 is 0 Å². The molecule has 2 heterocycles. The smallest absolute Gasteiger partial charge is 0.296 e. The van der Waals surface area contributed by atoms with Gasteiger partial charge in [-0.15, -0.1) is 11.3 Å². The van der Waals surface area contributed by atoms with E-state index < -0.39 is 0 Å². The van der Waals surface area contributed by atoms with Crippen molar-refractivity contribution in [2.45, 2.75) is 6.54 Å². The highest BCUT2D eigenvalue weighted by atomic mass is 32.1. The molecule has 3 rings (SSSR count). The lowest BCUT2D eigenvalue weighted by molar-refractivity contribution is 0.614. The fraction of sp³-hybridized carbons (Fsp3) is 0.167. The van der Waals surface area contributed by atoms with Crippen molar-refractivity contribution in [2.24, 2.45) is 0 Å². The molecule has 0 fully saturated rings. The van der Waals surface area contributed by atoms with Crippen LogP contribution in [-0.2, 0) is 6.54 Å². The summed E-state index contributed by atoms with van der Waals surface area (Å²) in [5, 5.41) is 9.04. The van der Waals surface area contributed by atoms with E-state index in [0.29, 0.717) is 12.6 Å². The van der Waals surface area contributed by atoms with Crippen LogP contribution in [-0.4, -0.2) is 17.0 Å². The molecule has 0 aliphatic carbocycles. The first-order valence-electron chi connectivity index (χ1n) is 5.57. The number of nitrogens with one attached hydrogen (secondary N) is 2. The normalized spacial score (nSPS) is 10.7. The number of fused-ring (bicyclic) bond motifs is 1. The van der Waals surface area contributed by atoms with Gasteiger partial charge in [0, 0.05) is 12.4 Å². The van der Waals surface area contributed by atoms with Gasteiger partial charge in [-0.3, -0.25) is 0 Å².